The van der Waals surface area contributed by atoms with Gasteiger partial charge in [-0.1, -0.05) is 30.2 Å². The summed E-state index contributed by atoms with van der Waals surface area (Å²) in [5.41, 5.74) is 0.916. The SMILES string of the molecule is CC(NS(=O)(=O)CCC1CCCCN1)c1ccc(Cl)cc1. The van der Waals surface area contributed by atoms with Crippen LogP contribution in [0.15, 0.2) is 24.3 Å². The zero-order chi connectivity index (χ0) is 15.3. The first-order chi connectivity index (χ1) is 9.96. The molecule has 0 amide bonds. The monoisotopic (exact) mass is 330 g/mol. The van der Waals surface area contributed by atoms with E-state index < -0.39 is 10.0 Å². The fraction of sp³-hybridized carbons (Fsp3) is 0.600. The molecule has 21 heavy (non-hydrogen) atoms. The average molecular weight is 331 g/mol. The standard InChI is InChI=1S/C15H23ClN2O2S/c1-12(13-5-7-14(16)8-6-13)18-21(19,20)11-9-15-4-2-3-10-17-15/h5-8,12,15,17-18H,2-4,9-11H2,1H3. The predicted octanol–water partition coefficient (Wildman–Crippen LogP) is 2.85. The van der Waals surface area contributed by atoms with Gasteiger partial charge in [0.25, 0.3) is 0 Å². The highest BCUT2D eigenvalue weighted by atomic mass is 35.5. The summed E-state index contributed by atoms with van der Waals surface area (Å²) in [5.74, 6) is 0.169. The number of sulfonamides is 1. The molecule has 1 fully saturated rings. The lowest BCUT2D eigenvalue weighted by molar-refractivity contribution is 0.392. The van der Waals surface area contributed by atoms with Gasteiger partial charge in [-0.15, -0.1) is 0 Å². The smallest absolute Gasteiger partial charge is 0.212 e. The number of piperidine rings is 1. The lowest BCUT2D eigenvalue weighted by atomic mass is 10.0. The van der Waals surface area contributed by atoms with Crippen molar-refractivity contribution in [1.82, 2.24) is 10.0 Å². The normalized spacial score (nSPS) is 21.1. The Kier molecular flexibility index (Phi) is 6.05. The Morgan fingerprint density at radius 2 is 2.05 bits per heavy atom. The van der Waals surface area contributed by atoms with Gasteiger partial charge in [-0.25, -0.2) is 13.1 Å². The van der Waals surface area contributed by atoms with Crippen LogP contribution >= 0.6 is 11.6 Å². The van der Waals surface area contributed by atoms with Crippen molar-refractivity contribution in [3.8, 4) is 0 Å². The highest BCUT2D eigenvalue weighted by Crippen LogP contribution is 2.17. The largest absolute Gasteiger partial charge is 0.314 e. The Labute approximate surface area is 132 Å². The Hall–Kier alpha value is -0.620. The van der Waals surface area contributed by atoms with Gasteiger partial charge in [0.2, 0.25) is 10.0 Å². The fourth-order valence-corrected chi connectivity index (χ4v) is 4.13. The third-order valence-corrected chi connectivity index (χ3v) is 5.61. The summed E-state index contributed by atoms with van der Waals surface area (Å²) in [6.07, 6.45) is 4.12. The molecule has 1 aliphatic rings. The average Bonchev–Trinajstić information content (AvgIpc) is 2.46. The summed E-state index contributed by atoms with van der Waals surface area (Å²) in [5, 5.41) is 4.03. The van der Waals surface area contributed by atoms with Crippen LogP contribution < -0.4 is 10.0 Å². The molecule has 0 aromatic heterocycles. The van der Waals surface area contributed by atoms with Gasteiger partial charge in [-0.2, -0.15) is 0 Å². The highest BCUT2D eigenvalue weighted by Gasteiger charge is 2.19. The molecule has 2 N–H and O–H groups in total. The zero-order valence-corrected chi connectivity index (χ0v) is 13.9. The van der Waals surface area contributed by atoms with E-state index in [4.69, 9.17) is 11.6 Å². The van der Waals surface area contributed by atoms with Crippen LogP contribution in [0.5, 0.6) is 0 Å². The molecule has 0 spiro atoms. The van der Waals surface area contributed by atoms with Crippen LogP contribution in [0.25, 0.3) is 0 Å². The first-order valence-corrected chi connectivity index (χ1v) is 9.48. The Morgan fingerprint density at radius 1 is 1.33 bits per heavy atom. The molecule has 0 radical (unpaired) electrons. The number of hydrogen-bond donors (Lipinski definition) is 2. The van der Waals surface area contributed by atoms with Gasteiger partial charge in [0.05, 0.1) is 5.75 Å². The van der Waals surface area contributed by atoms with Crippen molar-refractivity contribution in [3.63, 3.8) is 0 Å². The third-order valence-electron chi connectivity index (χ3n) is 3.87. The summed E-state index contributed by atoms with van der Waals surface area (Å²) in [7, 11) is -3.26. The van der Waals surface area contributed by atoms with Crippen LogP contribution in [0.4, 0.5) is 0 Å². The molecule has 1 aromatic rings. The maximum atomic E-state index is 12.2. The molecule has 0 saturated carbocycles. The summed E-state index contributed by atoms with van der Waals surface area (Å²) in [4.78, 5) is 0. The van der Waals surface area contributed by atoms with E-state index in [1.165, 1.54) is 12.8 Å². The summed E-state index contributed by atoms with van der Waals surface area (Å²) in [6.45, 7) is 2.85. The minimum absolute atomic E-state index is 0.169. The molecule has 4 nitrogen and oxygen atoms in total. The van der Waals surface area contributed by atoms with Crippen LogP contribution in [-0.2, 0) is 10.0 Å². The van der Waals surface area contributed by atoms with Gasteiger partial charge in [0.15, 0.2) is 0 Å². The van der Waals surface area contributed by atoms with Crippen molar-refractivity contribution < 1.29 is 8.42 Å². The van der Waals surface area contributed by atoms with Crippen molar-refractivity contribution in [2.45, 2.75) is 44.7 Å². The van der Waals surface area contributed by atoms with Crippen molar-refractivity contribution in [1.29, 1.82) is 0 Å². The maximum absolute atomic E-state index is 12.2. The van der Waals surface area contributed by atoms with Gasteiger partial charge in [-0.05, 0) is 50.4 Å². The van der Waals surface area contributed by atoms with Gasteiger partial charge in [0.1, 0.15) is 0 Å². The quantitative estimate of drug-likeness (QED) is 0.843. The van der Waals surface area contributed by atoms with Crippen LogP contribution in [0.1, 0.15) is 44.2 Å². The first kappa shape index (κ1) is 16.7. The molecule has 1 heterocycles. The molecule has 1 aromatic carbocycles. The second-order valence-electron chi connectivity index (χ2n) is 5.65. The Balaban J connectivity index is 1.86. The highest BCUT2D eigenvalue weighted by molar-refractivity contribution is 7.89. The van der Waals surface area contributed by atoms with E-state index in [9.17, 15) is 8.42 Å². The van der Waals surface area contributed by atoms with E-state index in [2.05, 4.69) is 10.0 Å². The van der Waals surface area contributed by atoms with Crippen LogP contribution in [-0.4, -0.2) is 26.8 Å². The van der Waals surface area contributed by atoms with Gasteiger partial charge in [-0.3, -0.25) is 0 Å². The molecule has 0 aliphatic carbocycles. The van der Waals surface area contributed by atoms with Crippen molar-refractivity contribution in [3.05, 3.63) is 34.9 Å². The molecular weight excluding hydrogens is 308 g/mol. The third kappa shape index (κ3) is 5.58. The molecule has 2 rings (SSSR count). The van der Waals surface area contributed by atoms with E-state index in [1.54, 1.807) is 12.1 Å². The number of nitrogens with one attached hydrogen (secondary N) is 2. The van der Waals surface area contributed by atoms with Gasteiger partial charge in [0, 0.05) is 17.1 Å². The summed E-state index contributed by atoms with van der Waals surface area (Å²) in [6, 6.07) is 7.32. The maximum Gasteiger partial charge on any atom is 0.212 e. The molecule has 118 valence electrons. The van der Waals surface area contributed by atoms with Gasteiger partial charge >= 0.3 is 0 Å². The number of benzene rings is 1. The van der Waals surface area contributed by atoms with Crippen LogP contribution in [0.3, 0.4) is 0 Å². The molecular formula is C15H23ClN2O2S. The second kappa shape index (κ2) is 7.58. The molecule has 1 aliphatic heterocycles. The van der Waals surface area contributed by atoms with Gasteiger partial charge < -0.3 is 5.32 Å². The number of hydrogen-bond acceptors (Lipinski definition) is 3. The molecule has 0 bridgehead atoms. The molecule has 2 unspecified atom stereocenters. The van der Waals surface area contributed by atoms with E-state index in [0.29, 0.717) is 17.5 Å². The topological polar surface area (TPSA) is 58.2 Å². The predicted molar refractivity (Wildman–Crippen MR) is 87.0 cm³/mol. The van der Waals surface area contributed by atoms with E-state index in [1.807, 2.05) is 19.1 Å². The lowest BCUT2D eigenvalue weighted by Gasteiger charge is -2.23. The zero-order valence-electron chi connectivity index (χ0n) is 12.3. The van der Waals surface area contributed by atoms with Crippen molar-refractivity contribution >= 4 is 21.6 Å². The molecule has 2 atom stereocenters. The number of halogens is 1. The lowest BCUT2D eigenvalue weighted by Crippen LogP contribution is -2.37. The van der Waals surface area contributed by atoms with Crippen LogP contribution in [0, 0.1) is 0 Å². The Bertz CT molecular complexity index is 539. The van der Waals surface area contributed by atoms with Crippen molar-refractivity contribution in [2.24, 2.45) is 0 Å². The summed E-state index contributed by atoms with van der Waals surface area (Å²) >= 11 is 5.84. The number of rotatable bonds is 6. The van der Waals surface area contributed by atoms with Crippen LogP contribution in [0.2, 0.25) is 5.02 Å². The van der Waals surface area contributed by atoms with E-state index >= 15 is 0 Å². The second-order valence-corrected chi connectivity index (χ2v) is 7.96. The van der Waals surface area contributed by atoms with Crippen molar-refractivity contribution in [2.75, 3.05) is 12.3 Å². The van der Waals surface area contributed by atoms with E-state index in [0.717, 1.165) is 18.5 Å². The van der Waals surface area contributed by atoms with E-state index in [-0.39, 0.29) is 11.8 Å². The minimum Gasteiger partial charge on any atom is -0.314 e. The Morgan fingerprint density at radius 3 is 2.67 bits per heavy atom. The summed E-state index contributed by atoms with van der Waals surface area (Å²) < 4.78 is 27.1. The molecule has 6 heteroatoms. The fourth-order valence-electron chi connectivity index (χ4n) is 2.62. The molecule has 1 saturated heterocycles. The first-order valence-electron chi connectivity index (χ1n) is 7.45. The minimum atomic E-state index is -3.26.